The quantitative estimate of drug-likeness (QED) is 0.889. The van der Waals surface area contributed by atoms with E-state index in [1.165, 1.54) is 43.4 Å². The predicted octanol–water partition coefficient (Wildman–Crippen LogP) is 4.13. The Labute approximate surface area is 128 Å². The molecular weight excluding hydrogens is 258 g/mol. The molecule has 2 aliphatic rings. The molecule has 0 aromatic carbocycles. The third-order valence-electron chi connectivity index (χ3n) is 5.53. The Morgan fingerprint density at radius 2 is 1.95 bits per heavy atom. The average molecular weight is 287 g/mol. The van der Waals surface area contributed by atoms with Gasteiger partial charge in [0.1, 0.15) is 5.82 Å². The molecule has 0 radical (unpaired) electrons. The monoisotopic (exact) mass is 287 g/mol. The Balaban J connectivity index is 1.80. The molecule has 0 spiro atoms. The topological polar surface area (TPSA) is 51.8 Å². The van der Waals surface area contributed by atoms with Crippen LogP contribution in [0.1, 0.15) is 88.3 Å². The molecule has 1 aromatic heterocycles. The van der Waals surface area contributed by atoms with Gasteiger partial charge in [0.25, 0.3) is 0 Å². The summed E-state index contributed by atoms with van der Waals surface area (Å²) in [5, 5.41) is 0. The summed E-state index contributed by atoms with van der Waals surface area (Å²) in [4.78, 5) is 9.62. The van der Waals surface area contributed by atoms with Crippen molar-refractivity contribution in [3.8, 4) is 0 Å². The summed E-state index contributed by atoms with van der Waals surface area (Å²) in [6, 6.07) is 0.105. The minimum atomic E-state index is 0.105. The van der Waals surface area contributed by atoms with Gasteiger partial charge >= 0.3 is 0 Å². The zero-order valence-electron chi connectivity index (χ0n) is 13.7. The lowest BCUT2D eigenvalue weighted by molar-refractivity contribution is 0.274. The van der Waals surface area contributed by atoms with Gasteiger partial charge in [0, 0.05) is 29.4 Å². The molecule has 0 saturated heterocycles. The highest BCUT2D eigenvalue weighted by atomic mass is 14.9. The Kier molecular flexibility index (Phi) is 4.04. The van der Waals surface area contributed by atoms with E-state index in [-0.39, 0.29) is 11.5 Å². The molecule has 1 heterocycles. The number of fused-ring (bicyclic) bond motifs is 1. The zero-order chi connectivity index (χ0) is 15.0. The molecule has 1 fully saturated rings. The third-order valence-corrected chi connectivity index (χ3v) is 5.53. The van der Waals surface area contributed by atoms with E-state index < -0.39 is 0 Å². The van der Waals surface area contributed by atoms with Crippen molar-refractivity contribution in [3.05, 3.63) is 23.3 Å². The van der Waals surface area contributed by atoms with Gasteiger partial charge in [0.05, 0.1) is 0 Å². The standard InChI is InChI=1S/C18H29N3/c1-4-12-5-7-13(8-6-12)17-20-11-14-15(19)9-18(2,3)10-16(14)21-17/h11-13,15H,4-10,19H2,1-3H3. The number of aromatic nitrogens is 2. The third kappa shape index (κ3) is 3.13. The van der Waals surface area contributed by atoms with Gasteiger partial charge in [-0.15, -0.1) is 0 Å². The van der Waals surface area contributed by atoms with E-state index in [0.29, 0.717) is 5.92 Å². The number of hydrogen-bond acceptors (Lipinski definition) is 3. The molecule has 2 aliphatic carbocycles. The molecule has 0 aliphatic heterocycles. The fraction of sp³-hybridized carbons (Fsp3) is 0.778. The number of rotatable bonds is 2. The second-order valence-electron chi connectivity index (χ2n) is 7.91. The first-order chi connectivity index (χ1) is 9.98. The maximum atomic E-state index is 6.31. The van der Waals surface area contributed by atoms with Crippen LogP contribution in [0, 0.1) is 11.3 Å². The Bertz CT molecular complexity index is 501. The minimum Gasteiger partial charge on any atom is -0.324 e. The fourth-order valence-corrected chi connectivity index (χ4v) is 4.15. The van der Waals surface area contributed by atoms with Gasteiger partial charge in [-0.05, 0) is 49.9 Å². The van der Waals surface area contributed by atoms with E-state index in [2.05, 4.69) is 25.8 Å². The molecular formula is C18H29N3. The average Bonchev–Trinajstić information content (AvgIpc) is 2.45. The summed E-state index contributed by atoms with van der Waals surface area (Å²) >= 11 is 0. The van der Waals surface area contributed by atoms with Crippen molar-refractivity contribution < 1.29 is 0 Å². The first-order valence-corrected chi connectivity index (χ1v) is 8.60. The van der Waals surface area contributed by atoms with Gasteiger partial charge in [-0.3, -0.25) is 0 Å². The van der Waals surface area contributed by atoms with E-state index in [1.807, 2.05) is 6.20 Å². The van der Waals surface area contributed by atoms with E-state index in [0.717, 1.165) is 24.6 Å². The van der Waals surface area contributed by atoms with Crippen LogP contribution < -0.4 is 5.73 Å². The highest BCUT2D eigenvalue weighted by Gasteiger charge is 2.32. The molecule has 21 heavy (non-hydrogen) atoms. The number of nitrogens with two attached hydrogens (primary N) is 1. The zero-order valence-corrected chi connectivity index (χ0v) is 13.7. The maximum absolute atomic E-state index is 6.31. The van der Waals surface area contributed by atoms with Crippen molar-refractivity contribution in [2.75, 3.05) is 0 Å². The summed E-state index contributed by atoms with van der Waals surface area (Å²) in [5.41, 5.74) is 8.96. The van der Waals surface area contributed by atoms with Crippen molar-refractivity contribution >= 4 is 0 Å². The Morgan fingerprint density at radius 3 is 2.62 bits per heavy atom. The minimum absolute atomic E-state index is 0.105. The predicted molar refractivity (Wildman–Crippen MR) is 86.1 cm³/mol. The molecule has 3 heteroatoms. The first-order valence-electron chi connectivity index (χ1n) is 8.60. The summed E-state index contributed by atoms with van der Waals surface area (Å²) in [6.45, 7) is 6.90. The molecule has 1 unspecified atom stereocenters. The van der Waals surface area contributed by atoms with Crippen LogP contribution in [-0.4, -0.2) is 9.97 Å². The van der Waals surface area contributed by atoms with Crippen LogP contribution in [0.3, 0.4) is 0 Å². The highest BCUT2D eigenvalue weighted by molar-refractivity contribution is 5.27. The smallest absolute Gasteiger partial charge is 0.131 e. The molecule has 0 amide bonds. The molecule has 3 rings (SSSR count). The lowest BCUT2D eigenvalue weighted by Gasteiger charge is -2.35. The normalized spacial score (nSPS) is 31.7. The van der Waals surface area contributed by atoms with Crippen LogP contribution in [0.2, 0.25) is 0 Å². The van der Waals surface area contributed by atoms with Crippen LogP contribution in [0.25, 0.3) is 0 Å². The largest absolute Gasteiger partial charge is 0.324 e. The van der Waals surface area contributed by atoms with Crippen molar-refractivity contribution in [1.82, 2.24) is 9.97 Å². The van der Waals surface area contributed by atoms with Crippen molar-refractivity contribution in [2.45, 2.75) is 77.7 Å². The van der Waals surface area contributed by atoms with E-state index >= 15 is 0 Å². The van der Waals surface area contributed by atoms with Gasteiger partial charge in [0.2, 0.25) is 0 Å². The lowest BCUT2D eigenvalue weighted by Crippen LogP contribution is -2.31. The van der Waals surface area contributed by atoms with Crippen LogP contribution in [-0.2, 0) is 6.42 Å². The Morgan fingerprint density at radius 1 is 1.24 bits per heavy atom. The number of hydrogen-bond donors (Lipinski definition) is 1. The first kappa shape index (κ1) is 15.0. The molecule has 1 atom stereocenters. The van der Waals surface area contributed by atoms with Crippen molar-refractivity contribution in [3.63, 3.8) is 0 Å². The Hall–Kier alpha value is -0.960. The highest BCUT2D eigenvalue weighted by Crippen LogP contribution is 2.40. The molecule has 0 bridgehead atoms. The van der Waals surface area contributed by atoms with Gasteiger partial charge < -0.3 is 5.73 Å². The van der Waals surface area contributed by atoms with Crippen LogP contribution >= 0.6 is 0 Å². The van der Waals surface area contributed by atoms with Gasteiger partial charge in [0.15, 0.2) is 0 Å². The maximum Gasteiger partial charge on any atom is 0.131 e. The van der Waals surface area contributed by atoms with Crippen LogP contribution in [0.5, 0.6) is 0 Å². The van der Waals surface area contributed by atoms with E-state index in [4.69, 9.17) is 10.7 Å². The van der Waals surface area contributed by atoms with E-state index in [9.17, 15) is 0 Å². The second kappa shape index (κ2) is 5.68. The summed E-state index contributed by atoms with van der Waals surface area (Å²) in [6.07, 6.45) is 10.6. The lowest BCUT2D eigenvalue weighted by atomic mass is 9.74. The van der Waals surface area contributed by atoms with Crippen LogP contribution in [0.4, 0.5) is 0 Å². The molecule has 1 saturated carbocycles. The summed E-state index contributed by atoms with van der Waals surface area (Å²) in [7, 11) is 0. The molecule has 1 aromatic rings. The second-order valence-corrected chi connectivity index (χ2v) is 7.91. The summed E-state index contributed by atoms with van der Waals surface area (Å²) < 4.78 is 0. The molecule has 3 nitrogen and oxygen atoms in total. The van der Waals surface area contributed by atoms with Crippen molar-refractivity contribution in [2.24, 2.45) is 17.1 Å². The molecule has 116 valence electrons. The molecule has 2 N–H and O–H groups in total. The summed E-state index contributed by atoms with van der Waals surface area (Å²) in [5.74, 6) is 2.57. The van der Waals surface area contributed by atoms with Gasteiger partial charge in [-0.25, -0.2) is 9.97 Å². The van der Waals surface area contributed by atoms with Gasteiger partial charge in [-0.1, -0.05) is 27.2 Å². The number of nitrogens with zero attached hydrogens (tertiary/aromatic N) is 2. The van der Waals surface area contributed by atoms with Crippen LogP contribution in [0.15, 0.2) is 6.20 Å². The van der Waals surface area contributed by atoms with E-state index in [1.54, 1.807) is 0 Å². The van der Waals surface area contributed by atoms with Gasteiger partial charge in [-0.2, -0.15) is 0 Å². The van der Waals surface area contributed by atoms with Crippen molar-refractivity contribution in [1.29, 1.82) is 0 Å². The fourth-order valence-electron chi connectivity index (χ4n) is 4.15. The SMILES string of the molecule is CCC1CCC(c2ncc3c(n2)CC(C)(C)CC3N)CC1.